The summed E-state index contributed by atoms with van der Waals surface area (Å²) in [5, 5.41) is 2.76. The van der Waals surface area contributed by atoms with Gasteiger partial charge >= 0.3 is 5.97 Å². The van der Waals surface area contributed by atoms with Crippen molar-refractivity contribution in [3.63, 3.8) is 0 Å². The second-order valence-corrected chi connectivity index (χ2v) is 5.71. The van der Waals surface area contributed by atoms with Gasteiger partial charge in [0.15, 0.2) is 12.2 Å². The third-order valence-electron chi connectivity index (χ3n) is 3.72. The van der Waals surface area contributed by atoms with E-state index in [1.807, 2.05) is 50.2 Å². The third kappa shape index (κ3) is 5.35. The Hall–Kier alpha value is -2.82. The van der Waals surface area contributed by atoms with Crippen LogP contribution in [0.5, 0.6) is 5.75 Å². The van der Waals surface area contributed by atoms with Crippen LogP contribution in [0.2, 0.25) is 0 Å². The van der Waals surface area contributed by atoms with Crippen molar-refractivity contribution in [3.8, 4) is 5.75 Å². The van der Waals surface area contributed by atoms with Gasteiger partial charge in [-0.25, -0.2) is 4.79 Å². The number of hydrogen-bond donors (Lipinski definition) is 1. The number of para-hydroxylation sites is 2. The Morgan fingerprint density at radius 3 is 2.32 bits per heavy atom. The molecule has 5 nitrogen and oxygen atoms in total. The fourth-order valence-electron chi connectivity index (χ4n) is 2.21. The first-order chi connectivity index (χ1) is 12.0. The Bertz CT molecular complexity index is 715. The van der Waals surface area contributed by atoms with Gasteiger partial charge in [0.1, 0.15) is 5.75 Å². The lowest BCUT2D eigenvalue weighted by Gasteiger charge is -2.19. The van der Waals surface area contributed by atoms with Crippen LogP contribution >= 0.6 is 0 Å². The molecular weight excluding hydrogens is 318 g/mol. The van der Waals surface area contributed by atoms with Crippen molar-refractivity contribution in [1.82, 2.24) is 0 Å². The lowest BCUT2D eigenvalue weighted by Crippen LogP contribution is -2.36. The molecule has 0 fully saturated rings. The molecule has 0 saturated carbocycles. The fourth-order valence-corrected chi connectivity index (χ4v) is 2.21. The van der Waals surface area contributed by atoms with E-state index < -0.39 is 18.2 Å². The van der Waals surface area contributed by atoms with E-state index in [-0.39, 0.29) is 5.91 Å². The van der Waals surface area contributed by atoms with Crippen molar-refractivity contribution < 1.29 is 19.1 Å². The van der Waals surface area contributed by atoms with Crippen LogP contribution in [0.25, 0.3) is 0 Å². The Morgan fingerprint density at radius 2 is 1.68 bits per heavy atom. The number of benzene rings is 2. The summed E-state index contributed by atoms with van der Waals surface area (Å²) >= 11 is 0. The molecule has 0 bridgehead atoms. The summed E-state index contributed by atoms with van der Waals surface area (Å²) in [5.41, 5.74) is 1.64. The topological polar surface area (TPSA) is 64.6 Å². The molecule has 0 radical (unpaired) electrons. The summed E-state index contributed by atoms with van der Waals surface area (Å²) in [7, 11) is 0. The Labute approximate surface area is 148 Å². The van der Waals surface area contributed by atoms with Crippen LogP contribution in [0.1, 0.15) is 25.8 Å². The smallest absolute Gasteiger partial charge is 0.348 e. The molecule has 0 aliphatic heterocycles. The molecule has 2 aromatic rings. The number of carbonyl (C=O) groups is 2. The largest absolute Gasteiger partial charge is 0.479 e. The minimum absolute atomic E-state index is 0.378. The maximum absolute atomic E-state index is 12.3. The number of amides is 1. The molecule has 2 rings (SSSR count). The molecule has 5 heteroatoms. The summed E-state index contributed by atoms with van der Waals surface area (Å²) in [5.74, 6) is -0.348. The highest BCUT2D eigenvalue weighted by Gasteiger charge is 2.25. The van der Waals surface area contributed by atoms with Gasteiger partial charge < -0.3 is 14.8 Å². The SMILES string of the molecule is CCC(Oc1ccccc1)C(=O)OC(C)C(=O)Nc1ccccc1C. The number of hydrogen-bond acceptors (Lipinski definition) is 4. The van der Waals surface area contributed by atoms with Crippen LogP contribution in [0.15, 0.2) is 54.6 Å². The third-order valence-corrected chi connectivity index (χ3v) is 3.72. The van der Waals surface area contributed by atoms with Crippen molar-refractivity contribution in [1.29, 1.82) is 0 Å². The van der Waals surface area contributed by atoms with Gasteiger partial charge in [-0.2, -0.15) is 0 Å². The summed E-state index contributed by atoms with van der Waals surface area (Å²) in [6.07, 6.45) is -1.23. The highest BCUT2D eigenvalue weighted by Crippen LogP contribution is 2.16. The van der Waals surface area contributed by atoms with Crippen LogP contribution in [-0.4, -0.2) is 24.1 Å². The zero-order valence-corrected chi connectivity index (χ0v) is 14.7. The van der Waals surface area contributed by atoms with Gasteiger partial charge in [0.05, 0.1) is 0 Å². The van der Waals surface area contributed by atoms with Crippen LogP contribution in [0.3, 0.4) is 0 Å². The predicted molar refractivity (Wildman–Crippen MR) is 96.5 cm³/mol. The first kappa shape index (κ1) is 18.5. The van der Waals surface area contributed by atoms with Crippen molar-refractivity contribution in [2.75, 3.05) is 5.32 Å². The fraction of sp³-hybridized carbons (Fsp3) is 0.300. The molecule has 2 unspecified atom stereocenters. The van der Waals surface area contributed by atoms with Crippen molar-refractivity contribution >= 4 is 17.6 Å². The lowest BCUT2D eigenvalue weighted by molar-refractivity contribution is -0.160. The molecule has 1 N–H and O–H groups in total. The van der Waals surface area contributed by atoms with E-state index in [2.05, 4.69) is 5.32 Å². The zero-order chi connectivity index (χ0) is 18.2. The van der Waals surface area contributed by atoms with Crippen molar-refractivity contribution in [3.05, 3.63) is 60.2 Å². The van der Waals surface area contributed by atoms with Gasteiger partial charge in [-0.05, 0) is 44.0 Å². The number of esters is 1. The average Bonchev–Trinajstić information content (AvgIpc) is 2.62. The van der Waals surface area contributed by atoms with Crippen molar-refractivity contribution in [2.24, 2.45) is 0 Å². The van der Waals surface area contributed by atoms with Gasteiger partial charge in [-0.15, -0.1) is 0 Å². The Kier molecular flexibility index (Phi) is 6.57. The molecule has 0 aliphatic carbocycles. The molecule has 1 amide bonds. The first-order valence-electron chi connectivity index (χ1n) is 8.30. The second kappa shape index (κ2) is 8.87. The summed E-state index contributed by atoms with van der Waals surface area (Å²) < 4.78 is 10.9. The van der Waals surface area contributed by atoms with E-state index in [1.54, 1.807) is 25.1 Å². The first-order valence-corrected chi connectivity index (χ1v) is 8.30. The van der Waals surface area contributed by atoms with Gasteiger partial charge in [0.2, 0.25) is 0 Å². The highest BCUT2D eigenvalue weighted by molar-refractivity contribution is 5.95. The lowest BCUT2D eigenvalue weighted by atomic mass is 10.2. The molecule has 25 heavy (non-hydrogen) atoms. The predicted octanol–water partition coefficient (Wildman–Crippen LogP) is 3.72. The van der Waals surface area contributed by atoms with E-state index >= 15 is 0 Å². The van der Waals surface area contributed by atoms with E-state index in [0.29, 0.717) is 17.9 Å². The number of anilines is 1. The van der Waals surface area contributed by atoms with Crippen LogP contribution in [-0.2, 0) is 14.3 Å². The van der Waals surface area contributed by atoms with Crippen LogP contribution in [0.4, 0.5) is 5.69 Å². The van der Waals surface area contributed by atoms with Gasteiger partial charge in [-0.1, -0.05) is 43.3 Å². The molecule has 0 saturated heterocycles. The normalized spacial score (nSPS) is 12.8. The minimum Gasteiger partial charge on any atom is -0.479 e. The molecule has 2 aromatic carbocycles. The molecule has 0 aliphatic rings. The number of aryl methyl sites for hydroxylation is 1. The second-order valence-electron chi connectivity index (χ2n) is 5.71. The Morgan fingerprint density at radius 1 is 1.04 bits per heavy atom. The highest BCUT2D eigenvalue weighted by atomic mass is 16.6. The van der Waals surface area contributed by atoms with E-state index in [1.165, 1.54) is 0 Å². The molecule has 0 spiro atoms. The van der Waals surface area contributed by atoms with Crippen LogP contribution in [0, 0.1) is 6.92 Å². The maximum atomic E-state index is 12.3. The molecule has 0 heterocycles. The molecule has 0 aromatic heterocycles. The minimum atomic E-state index is -0.916. The van der Waals surface area contributed by atoms with E-state index in [4.69, 9.17) is 9.47 Å². The number of carbonyl (C=O) groups excluding carboxylic acids is 2. The average molecular weight is 341 g/mol. The number of rotatable bonds is 7. The van der Waals surface area contributed by atoms with Crippen molar-refractivity contribution in [2.45, 2.75) is 39.4 Å². The van der Waals surface area contributed by atoms with Gasteiger partial charge in [-0.3, -0.25) is 4.79 Å². The summed E-state index contributed by atoms with van der Waals surface area (Å²) in [6.45, 7) is 5.26. The standard InChI is InChI=1S/C20H23NO4/c1-4-18(25-16-11-6-5-7-12-16)20(23)24-15(3)19(22)21-17-13-9-8-10-14(17)2/h5-13,15,18H,4H2,1-3H3,(H,21,22). The van der Waals surface area contributed by atoms with E-state index in [0.717, 1.165) is 5.56 Å². The van der Waals surface area contributed by atoms with E-state index in [9.17, 15) is 9.59 Å². The molecular formula is C20H23NO4. The van der Waals surface area contributed by atoms with Gasteiger partial charge in [0, 0.05) is 5.69 Å². The zero-order valence-electron chi connectivity index (χ0n) is 14.7. The maximum Gasteiger partial charge on any atom is 0.348 e. The monoisotopic (exact) mass is 341 g/mol. The quantitative estimate of drug-likeness (QED) is 0.780. The molecule has 132 valence electrons. The summed E-state index contributed by atoms with van der Waals surface area (Å²) in [6, 6.07) is 16.5. The van der Waals surface area contributed by atoms with Crippen LogP contribution < -0.4 is 10.1 Å². The number of nitrogens with one attached hydrogen (secondary N) is 1. The number of ether oxygens (including phenoxy) is 2. The molecule has 2 atom stereocenters. The Balaban J connectivity index is 1.93. The summed E-state index contributed by atoms with van der Waals surface area (Å²) in [4.78, 5) is 24.5. The van der Waals surface area contributed by atoms with Gasteiger partial charge in [0.25, 0.3) is 5.91 Å².